The van der Waals surface area contributed by atoms with Gasteiger partial charge in [0.1, 0.15) is 6.10 Å². The first-order valence-corrected chi connectivity index (χ1v) is 8.41. The molecule has 7 heteroatoms. The molecule has 1 saturated carbocycles. The van der Waals surface area contributed by atoms with E-state index in [2.05, 4.69) is 5.32 Å². The summed E-state index contributed by atoms with van der Waals surface area (Å²) in [5.41, 5.74) is 1.34. The van der Waals surface area contributed by atoms with Gasteiger partial charge in [0.2, 0.25) is 5.91 Å². The molecule has 7 nitrogen and oxygen atoms in total. The van der Waals surface area contributed by atoms with Gasteiger partial charge in [0.25, 0.3) is 5.69 Å². The SMILES string of the molecule is CC1=C(C(=O)OC2CCCC2)[C@@H](c2cccc([N+](=O)[O-])c2)CC(=O)N1. The van der Waals surface area contributed by atoms with Crippen LogP contribution in [0.25, 0.3) is 0 Å². The maximum absolute atomic E-state index is 12.7. The number of benzene rings is 1. The molecule has 1 heterocycles. The maximum atomic E-state index is 12.7. The van der Waals surface area contributed by atoms with Crippen LogP contribution in [-0.4, -0.2) is 22.9 Å². The maximum Gasteiger partial charge on any atom is 0.336 e. The van der Waals surface area contributed by atoms with Crippen LogP contribution >= 0.6 is 0 Å². The van der Waals surface area contributed by atoms with E-state index in [0.717, 1.165) is 25.7 Å². The van der Waals surface area contributed by atoms with E-state index in [0.29, 0.717) is 16.8 Å². The second kappa shape index (κ2) is 7.04. The zero-order valence-electron chi connectivity index (χ0n) is 14.0. The average Bonchev–Trinajstić information content (AvgIpc) is 3.07. The van der Waals surface area contributed by atoms with E-state index in [4.69, 9.17) is 4.74 Å². The average molecular weight is 344 g/mol. The van der Waals surface area contributed by atoms with Gasteiger partial charge in [0, 0.05) is 30.2 Å². The number of nitro benzene ring substituents is 1. The molecular formula is C18H20N2O5. The minimum atomic E-state index is -0.539. The third kappa shape index (κ3) is 3.70. The largest absolute Gasteiger partial charge is 0.459 e. The topological polar surface area (TPSA) is 98.5 Å². The van der Waals surface area contributed by atoms with Crippen molar-refractivity contribution in [3.05, 3.63) is 51.2 Å². The first-order chi connectivity index (χ1) is 12.0. The van der Waals surface area contributed by atoms with Crippen molar-refractivity contribution in [1.29, 1.82) is 0 Å². The summed E-state index contributed by atoms with van der Waals surface area (Å²) in [5, 5.41) is 13.7. The van der Waals surface area contributed by atoms with Crippen LogP contribution in [0.15, 0.2) is 35.5 Å². The van der Waals surface area contributed by atoms with Crippen molar-refractivity contribution >= 4 is 17.6 Å². The molecule has 0 unspecified atom stereocenters. The lowest BCUT2D eigenvalue weighted by Crippen LogP contribution is -2.35. The lowest BCUT2D eigenvalue weighted by Gasteiger charge is -2.27. The molecule has 0 radical (unpaired) electrons. The Bertz CT molecular complexity index is 750. The minimum absolute atomic E-state index is 0.0631. The third-order valence-corrected chi connectivity index (χ3v) is 4.75. The lowest BCUT2D eigenvalue weighted by atomic mass is 9.84. The highest BCUT2D eigenvalue weighted by atomic mass is 16.6. The number of hydrogen-bond acceptors (Lipinski definition) is 5. The van der Waals surface area contributed by atoms with Crippen LogP contribution in [-0.2, 0) is 14.3 Å². The standard InChI is InChI=1S/C18H20N2O5/c1-11-17(18(22)25-14-7-2-3-8-14)15(10-16(21)19-11)12-5-4-6-13(9-12)20(23)24/h4-6,9,14-15H,2-3,7-8,10H2,1H3,(H,19,21)/t15-/m1/s1. The number of nitro groups is 1. The molecule has 1 N–H and O–H groups in total. The van der Waals surface area contributed by atoms with Gasteiger partial charge in [-0.05, 0) is 38.2 Å². The molecule has 0 aromatic heterocycles. The van der Waals surface area contributed by atoms with Crippen LogP contribution in [0.3, 0.4) is 0 Å². The lowest BCUT2D eigenvalue weighted by molar-refractivity contribution is -0.384. The van der Waals surface area contributed by atoms with Crippen LogP contribution in [0.5, 0.6) is 0 Å². The minimum Gasteiger partial charge on any atom is -0.459 e. The highest BCUT2D eigenvalue weighted by Crippen LogP contribution is 2.35. The Morgan fingerprint density at radius 1 is 1.32 bits per heavy atom. The predicted octanol–water partition coefficient (Wildman–Crippen LogP) is 2.96. The summed E-state index contributed by atoms with van der Waals surface area (Å²) in [6, 6.07) is 6.07. The third-order valence-electron chi connectivity index (χ3n) is 4.75. The molecule has 1 amide bonds. The van der Waals surface area contributed by atoms with E-state index in [9.17, 15) is 19.7 Å². The Morgan fingerprint density at radius 2 is 2.04 bits per heavy atom. The van der Waals surface area contributed by atoms with Gasteiger partial charge in [0.15, 0.2) is 0 Å². The Hall–Kier alpha value is -2.70. The number of carbonyl (C=O) groups excluding carboxylic acids is 2. The van der Waals surface area contributed by atoms with Gasteiger partial charge in [-0.25, -0.2) is 4.79 Å². The number of nitrogens with one attached hydrogen (secondary N) is 1. The molecule has 2 aliphatic rings. The van der Waals surface area contributed by atoms with E-state index >= 15 is 0 Å². The molecule has 25 heavy (non-hydrogen) atoms. The quantitative estimate of drug-likeness (QED) is 0.514. The van der Waals surface area contributed by atoms with E-state index in [1.165, 1.54) is 12.1 Å². The zero-order chi connectivity index (χ0) is 18.0. The monoisotopic (exact) mass is 344 g/mol. The molecule has 0 saturated heterocycles. The molecule has 3 rings (SSSR count). The number of hydrogen-bond donors (Lipinski definition) is 1. The van der Waals surface area contributed by atoms with Gasteiger partial charge in [-0.2, -0.15) is 0 Å². The number of ether oxygens (including phenoxy) is 1. The Morgan fingerprint density at radius 3 is 2.72 bits per heavy atom. The first kappa shape index (κ1) is 17.1. The fraction of sp³-hybridized carbons (Fsp3) is 0.444. The molecule has 0 bridgehead atoms. The molecule has 1 fully saturated rings. The van der Waals surface area contributed by atoms with E-state index in [1.807, 2.05) is 0 Å². The molecular weight excluding hydrogens is 324 g/mol. The van der Waals surface area contributed by atoms with Crippen molar-refractivity contribution in [2.75, 3.05) is 0 Å². The summed E-state index contributed by atoms with van der Waals surface area (Å²) in [6.45, 7) is 1.66. The van der Waals surface area contributed by atoms with Gasteiger partial charge in [-0.1, -0.05) is 12.1 Å². The predicted molar refractivity (Wildman–Crippen MR) is 89.6 cm³/mol. The molecule has 1 aromatic rings. The second-order valence-corrected chi connectivity index (χ2v) is 6.51. The van der Waals surface area contributed by atoms with Gasteiger partial charge in [-0.15, -0.1) is 0 Å². The smallest absolute Gasteiger partial charge is 0.336 e. The summed E-state index contributed by atoms with van der Waals surface area (Å²) in [5.74, 6) is -1.20. The van der Waals surface area contributed by atoms with Crippen LogP contribution in [0, 0.1) is 10.1 Å². The molecule has 1 aliphatic carbocycles. The number of amides is 1. The molecule has 1 aromatic carbocycles. The van der Waals surface area contributed by atoms with Crippen LogP contribution in [0.2, 0.25) is 0 Å². The number of non-ortho nitro benzene ring substituents is 1. The fourth-order valence-electron chi connectivity index (χ4n) is 3.53. The van der Waals surface area contributed by atoms with Crippen molar-refractivity contribution < 1.29 is 19.2 Å². The first-order valence-electron chi connectivity index (χ1n) is 8.41. The van der Waals surface area contributed by atoms with Crippen molar-refractivity contribution in [2.45, 2.75) is 51.0 Å². The van der Waals surface area contributed by atoms with Crippen molar-refractivity contribution in [3.8, 4) is 0 Å². The van der Waals surface area contributed by atoms with E-state index in [-0.39, 0.29) is 24.1 Å². The van der Waals surface area contributed by atoms with Crippen LogP contribution in [0.1, 0.15) is 50.5 Å². The van der Waals surface area contributed by atoms with Gasteiger partial charge < -0.3 is 10.1 Å². The number of nitrogens with zero attached hydrogens (tertiary/aromatic N) is 1. The number of allylic oxidation sites excluding steroid dienone is 1. The zero-order valence-corrected chi connectivity index (χ0v) is 14.0. The molecule has 1 aliphatic heterocycles. The Kier molecular flexibility index (Phi) is 4.83. The summed E-state index contributed by atoms with van der Waals surface area (Å²) >= 11 is 0. The van der Waals surface area contributed by atoms with Gasteiger partial charge in [0.05, 0.1) is 10.5 Å². The Balaban J connectivity index is 1.93. The summed E-state index contributed by atoms with van der Waals surface area (Å²) in [7, 11) is 0. The highest BCUT2D eigenvalue weighted by Gasteiger charge is 2.34. The summed E-state index contributed by atoms with van der Waals surface area (Å²) < 4.78 is 5.60. The fourth-order valence-corrected chi connectivity index (χ4v) is 3.53. The normalized spacial score (nSPS) is 21.2. The molecule has 132 valence electrons. The number of carbonyl (C=O) groups is 2. The highest BCUT2D eigenvalue weighted by molar-refractivity contribution is 5.96. The van der Waals surface area contributed by atoms with Crippen molar-refractivity contribution in [1.82, 2.24) is 5.32 Å². The van der Waals surface area contributed by atoms with Gasteiger partial charge >= 0.3 is 5.97 Å². The van der Waals surface area contributed by atoms with E-state index in [1.54, 1.807) is 19.1 Å². The van der Waals surface area contributed by atoms with Crippen LogP contribution in [0.4, 0.5) is 5.69 Å². The summed E-state index contributed by atoms with van der Waals surface area (Å²) in [6.07, 6.45) is 3.77. The van der Waals surface area contributed by atoms with Crippen molar-refractivity contribution in [2.24, 2.45) is 0 Å². The number of esters is 1. The van der Waals surface area contributed by atoms with Crippen molar-refractivity contribution in [3.63, 3.8) is 0 Å². The number of rotatable bonds is 4. The Labute approximate surface area is 145 Å². The van der Waals surface area contributed by atoms with Gasteiger partial charge in [-0.3, -0.25) is 14.9 Å². The molecule has 1 atom stereocenters. The molecule has 0 spiro atoms. The van der Waals surface area contributed by atoms with E-state index < -0.39 is 16.8 Å². The summed E-state index contributed by atoms with van der Waals surface area (Å²) in [4.78, 5) is 35.2. The van der Waals surface area contributed by atoms with Crippen LogP contribution < -0.4 is 5.32 Å². The second-order valence-electron chi connectivity index (χ2n) is 6.51.